The lowest BCUT2D eigenvalue weighted by atomic mass is 10.0. The van der Waals surface area contributed by atoms with Gasteiger partial charge in [0.15, 0.2) is 0 Å². The van der Waals surface area contributed by atoms with Crippen LogP contribution in [0.2, 0.25) is 0 Å². The summed E-state index contributed by atoms with van der Waals surface area (Å²) in [5.74, 6) is 0.512. The van der Waals surface area contributed by atoms with Gasteiger partial charge in [-0.1, -0.05) is 6.07 Å². The van der Waals surface area contributed by atoms with Crippen molar-refractivity contribution in [2.45, 2.75) is 12.5 Å². The van der Waals surface area contributed by atoms with Crippen molar-refractivity contribution < 1.29 is 15.3 Å². The Labute approximate surface area is 88.4 Å². The van der Waals surface area contributed by atoms with Crippen LogP contribution in [0.3, 0.4) is 0 Å². The molecule has 15 heavy (non-hydrogen) atoms. The molecular weight excluding hydrogens is 196 g/mol. The third kappa shape index (κ3) is 2.89. The van der Waals surface area contributed by atoms with Gasteiger partial charge in [0, 0.05) is 6.20 Å². The number of nitrogens with one attached hydrogen (secondary N) is 1. The summed E-state index contributed by atoms with van der Waals surface area (Å²) in [6.07, 6.45) is 1.67. The van der Waals surface area contributed by atoms with Crippen LogP contribution in [0.1, 0.15) is 5.56 Å². The topological polar surface area (TPSA) is 85.6 Å². The van der Waals surface area contributed by atoms with Crippen LogP contribution in [-0.4, -0.2) is 45.7 Å². The normalized spacial score (nSPS) is 11.5. The van der Waals surface area contributed by atoms with Gasteiger partial charge < -0.3 is 20.6 Å². The minimum atomic E-state index is -1.12. The molecule has 5 nitrogen and oxygen atoms in total. The van der Waals surface area contributed by atoms with Crippen LogP contribution in [0.4, 0.5) is 5.82 Å². The van der Waals surface area contributed by atoms with Crippen molar-refractivity contribution in [3.8, 4) is 0 Å². The molecule has 0 aliphatic carbocycles. The molecule has 5 heteroatoms. The van der Waals surface area contributed by atoms with E-state index >= 15 is 0 Å². The lowest BCUT2D eigenvalue weighted by Crippen LogP contribution is -2.49. The average Bonchev–Trinajstić information content (AvgIpc) is 2.29. The number of rotatable bonds is 5. The summed E-state index contributed by atoms with van der Waals surface area (Å²) in [7, 11) is 0. The summed E-state index contributed by atoms with van der Waals surface area (Å²) in [5, 5.41) is 30.1. The number of aliphatic hydroxyl groups excluding tert-OH is 3. The minimum Gasteiger partial charge on any atom is -0.394 e. The number of aliphatic hydroxyl groups is 3. The van der Waals surface area contributed by atoms with E-state index in [2.05, 4.69) is 10.3 Å². The number of aryl methyl sites for hydroxylation is 1. The van der Waals surface area contributed by atoms with Crippen molar-refractivity contribution in [2.75, 3.05) is 25.1 Å². The smallest absolute Gasteiger partial charge is 0.126 e. The minimum absolute atomic E-state index is 0.366. The number of hydrogen-bond acceptors (Lipinski definition) is 5. The van der Waals surface area contributed by atoms with Crippen molar-refractivity contribution >= 4 is 5.82 Å². The van der Waals surface area contributed by atoms with Crippen molar-refractivity contribution in [1.29, 1.82) is 0 Å². The molecule has 1 rings (SSSR count). The highest BCUT2D eigenvalue weighted by atomic mass is 16.3. The van der Waals surface area contributed by atoms with Gasteiger partial charge in [0.05, 0.1) is 19.8 Å². The van der Waals surface area contributed by atoms with Crippen molar-refractivity contribution in [3.05, 3.63) is 23.9 Å². The molecule has 0 spiro atoms. The van der Waals surface area contributed by atoms with Gasteiger partial charge >= 0.3 is 0 Å². The second kappa shape index (κ2) is 5.06. The number of nitrogens with zero attached hydrogens (tertiary/aromatic N) is 1. The molecule has 0 aromatic carbocycles. The highest BCUT2D eigenvalue weighted by Crippen LogP contribution is 2.12. The van der Waals surface area contributed by atoms with Gasteiger partial charge in [-0.25, -0.2) is 4.98 Å². The highest BCUT2D eigenvalue weighted by molar-refractivity contribution is 5.38. The highest BCUT2D eigenvalue weighted by Gasteiger charge is 2.27. The monoisotopic (exact) mass is 212 g/mol. The van der Waals surface area contributed by atoms with Gasteiger partial charge in [-0.15, -0.1) is 0 Å². The zero-order valence-corrected chi connectivity index (χ0v) is 8.64. The zero-order chi connectivity index (χ0) is 11.3. The van der Waals surface area contributed by atoms with E-state index in [-0.39, 0.29) is 19.8 Å². The Morgan fingerprint density at radius 3 is 2.20 bits per heavy atom. The summed E-state index contributed by atoms with van der Waals surface area (Å²) in [4.78, 5) is 4.06. The van der Waals surface area contributed by atoms with E-state index in [1.165, 1.54) is 0 Å². The quantitative estimate of drug-likeness (QED) is 0.529. The van der Waals surface area contributed by atoms with Crippen LogP contribution in [-0.2, 0) is 0 Å². The van der Waals surface area contributed by atoms with Crippen molar-refractivity contribution in [3.63, 3.8) is 0 Å². The van der Waals surface area contributed by atoms with Crippen LogP contribution in [0.25, 0.3) is 0 Å². The van der Waals surface area contributed by atoms with Crippen LogP contribution in [0, 0.1) is 6.92 Å². The number of aromatic nitrogens is 1. The van der Waals surface area contributed by atoms with Gasteiger partial charge in [-0.3, -0.25) is 0 Å². The van der Waals surface area contributed by atoms with Crippen molar-refractivity contribution in [2.24, 2.45) is 0 Å². The first-order valence-electron chi connectivity index (χ1n) is 4.69. The fraction of sp³-hybridized carbons (Fsp3) is 0.500. The van der Waals surface area contributed by atoms with Crippen LogP contribution < -0.4 is 5.32 Å². The standard InChI is InChI=1S/C10H16N2O3/c1-8-2-3-9(11-4-8)12-10(5-13,6-14)7-15/h2-4,13-15H,5-7H2,1H3,(H,11,12). The third-order valence-corrected chi connectivity index (χ3v) is 2.21. The molecule has 1 heterocycles. The Morgan fingerprint density at radius 2 is 1.80 bits per heavy atom. The van der Waals surface area contributed by atoms with E-state index < -0.39 is 5.54 Å². The van der Waals surface area contributed by atoms with Gasteiger partial charge in [0.1, 0.15) is 11.4 Å². The van der Waals surface area contributed by atoms with Crippen LogP contribution in [0.5, 0.6) is 0 Å². The predicted molar refractivity (Wildman–Crippen MR) is 56.6 cm³/mol. The maximum atomic E-state index is 9.08. The SMILES string of the molecule is Cc1ccc(NC(CO)(CO)CO)nc1. The lowest BCUT2D eigenvalue weighted by molar-refractivity contribution is 0.0831. The molecule has 4 N–H and O–H groups in total. The third-order valence-electron chi connectivity index (χ3n) is 2.21. The molecule has 0 aliphatic heterocycles. The Bertz CT molecular complexity index is 288. The Kier molecular flexibility index (Phi) is 4.02. The fourth-order valence-corrected chi connectivity index (χ4v) is 1.08. The van der Waals surface area contributed by atoms with E-state index in [0.29, 0.717) is 5.82 Å². The maximum absolute atomic E-state index is 9.08. The second-order valence-corrected chi connectivity index (χ2v) is 3.60. The van der Waals surface area contributed by atoms with Crippen LogP contribution in [0.15, 0.2) is 18.3 Å². The molecule has 0 saturated carbocycles. The Balaban J connectivity index is 2.78. The van der Waals surface area contributed by atoms with E-state index in [4.69, 9.17) is 15.3 Å². The molecule has 0 amide bonds. The summed E-state index contributed by atoms with van der Waals surface area (Å²) < 4.78 is 0. The number of pyridine rings is 1. The van der Waals surface area contributed by atoms with Gasteiger partial charge in [-0.2, -0.15) is 0 Å². The van der Waals surface area contributed by atoms with Crippen LogP contribution >= 0.6 is 0 Å². The molecule has 0 fully saturated rings. The lowest BCUT2D eigenvalue weighted by Gasteiger charge is -2.29. The zero-order valence-electron chi connectivity index (χ0n) is 8.64. The number of anilines is 1. The first-order chi connectivity index (χ1) is 7.15. The van der Waals surface area contributed by atoms with E-state index in [1.54, 1.807) is 12.3 Å². The van der Waals surface area contributed by atoms with E-state index in [9.17, 15) is 0 Å². The van der Waals surface area contributed by atoms with E-state index in [0.717, 1.165) is 5.56 Å². The fourth-order valence-electron chi connectivity index (χ4n) is 1.08. The summed E-state index contributed by atoms with van der Waals surface area (Å²) >= 11 is 0. The molecule has 1 aromatic heterocycles. The molecule has 84 valence electrons. The largest absolute Gasteiger partial charge is 0.394 e. The first kappa shape index (κ1) is 11.9. The molecule has 1 aromatic rings. The van der Waals surface area contributed by atoms with Gasteiger partial charge in [0.2, 0.25) is 0 Å². The summed E-state index contributed by atoms with van der Waals surface area (Å²) in [6.45, 7) is 0.814. The van der Waals surface area contributed by atoms with Gasteiger partial charge in [-0.05, 0) is 18.6 Å². The predicted octanol–water partition coefficient (Wildman–Crippen LogP) is -0.482. The maximum Gasteiger partial charge on any atom is 0.126 e. The van der Waals surface area contributed by atoms with Gasteiger partial charge in [0.25, 0.3) is 0 Å². The Morgan fingerprint density at radius 1 is 1.20 bits per heavy atom. The summed E-state index contributed by atoms with van der Waals surface area (Å²) in [5.41, 5.74) is -0.106. The first-order valence-corrected chi connectivity index (χ1v) is 4.69. The summed E-state index contributed by atoms with van der Waals surface area (Å²) in [6, 6.07) is 3.58. The molecule has 0 atom stereocenters. The molecule has 0 unspecified atom stereocenters. The molecule has 0 bridgehead atoms. The number of hydrogen-bond donors (Lipinski definition) is 4. The van der Waals surface area contributed by atoms with E-state index in [1.807, 2.05) is 13.0 Å². The Hall–Kier alpha value is -1.17. The second-order valence-electron chi connectivity index (χ2n) is 3.60. The molecular formula is C10H16N2O3. The molecule has 0 radical (unpaired) electrons. The molecule has 0 saturated heterocycles. The molecule has 0 aliphatic rings. The average molecular weight is 212 g/mol. The van der Waals surface area contributed by atoms with Crippen molar-refractivity contribution in [1.82, 2.24) is 4.98 Å².